The van der Waals surface area contributed by atoms with Crippen LogP contribution in [0.15, 0.2) is 36.5 Å². The van der Waals surface area contributed by atoms with Gasteiger partial charge in [0.2, 0.25) is 0 Å². The van der Waals surface area contributed by atoms with E-state index >= 15 is 0 Å². The van der Waals surface area contributed by atoms with Gasteiger partial charge in [-0.3, -0.25) is 4.79 Å². The van der Waals surface area contributed by atoms with Gasteiger partial charge in [-0.1, -0.05) is 11.6 Å². The molecule has 0 spiro atoms. The zero-order valence-electron chi connectivity index (χ0n) is 10.8. The second-order valence-electron chi connectivity index (χ2n) is 4.04. The first-order valence-corrected chi connectivity index (χ1v) is 6.44. The molecule has 0 aliphatic heterocycles. The summed E-state index contributed by atoms with van der Waals surface area (Å²) in [5.74, 6) is -0.213. The summed E-state index contributed by atoms with van der Waals surface area (Å²) < 4.78 is 13.0. The predicted octanol–water partition coefficient (Wildman–Crippen LogP) is 3.56. The number of pyridine rings is 1. The molecule has 1 aromatic carbocycles. The first-order chi connectivity index (χ1) is 9.60. The Hall–Kier alpha value is -2.14. The van der Waals surface area contributed by atoms with Crippen molar-refractivity contribution in [3.8, 4) is 0 Å². The molecule has 1 amide bonds. The van der Waals surface area contributed by atoms with Crippen LogP contribution in [0.4, 0.5) is 15.9 Å². The van der Waals surface area contributed by atoms with Crippen molar-refractivity contribution >= 4 is 29.0 Å². The molecule has 2 N–H and O–H groups in total. The number of nitrogens with zero attached hydrogens (tertiary/aromatic N) is 1. The number of nitrogens with one attached hydrogen (secondary N) is 2. The fourth-order valence-corrected chi connectivity index (χ4v) is 1.81. The molecule has 20 heavy (non-hydrogen) atoms. The SMILES string of the molecule is CCNc1cc(C(=O)Nc2ccc(F)c(Cl)c2)ccn1. The maximum absolute atomic E-state index is 13.0. The Balaban J connectivity index is 2.15. The van der Waals surface area contributed by atoms with Crippen LogP contribution in [0.2, 0.25) is 5.02 Å². The van der Waals surface area contributed by atoms with Gasteiger partial charge in [0.15, 0.2) is 0 Å². The summed E-state index contributed by atoms with van der Waals surface area (Å²) in [5, 5.41) is 5.64. The maximum atomic E-state index is 13.0. The third-order valence-electron chi connectivity index (χ3n) is 2.56. The second-order valence-corrected chi connectivity index (χ2v) is 4.45. The van der Waals surface area contributed by atoms with E-state index < -0.39 is 5.82 Å². The van der Waals surface area contributed by atoms with E-state index in [0.29, 0.717) is 23.6 Å². The first kappa shape index (κ1) is 14.3. The Kier molecular flexibility index (Phi) is 4.53. The van der Waals surface area contributed by atoms with Crippen LogP contribution in [0.25, 0.3) is 0 Å². The normalized spacial score (nSPS) is 10.2. The lowest BCUT2D eigenvalue weighted by Crippen LogP contribution is -2.12. The topological polar surface area (TPSA) is 54.0 Å². The Morgan fingerprint density at radius 1 is 1.35 bits per heavy atom. The Morgan fingerprint density at radius 2 is 2.15 bits per heavy atom. The minimum Gasteiger partial charge on any atom is -0.370 e. The van der Waals surface area contributed by atoms with Gasteiger partial charge in [-0.2, -0.15) is 0 Å². The van der Waals surface area contributed by atoms with Gasteiger partial charge in [0.25, 0.3) is 5.91 Å². The number of rotatable bonds is 4. The minimum absolute atomic E-state index is 0.0362. The van der Waals surface area contributed by atoms with Crippen molar-refractivity contribution in [3.05, 3.63) is 52.9 Å². The van der Waals surface area contributed by atoms with Crippen LogP contribution in [-0.4, -0.2) is 17.4 Å². The molecule has 0 radical (unpaired) electrons. The highest BCUT2D eigenvalue weighted by molar-refractivity contribution is 6.31. The fourth-order valence-electron chi connectivity index (χ4n) is 1.63. The van der Waals surface area contributed by atoms with Crippen LogP contribution in [0, 0.1) is 5.82 Å². The van der Waals surface area contributed by atoms with E-state index in [1.165, 1.54) is 18.2 Å². The number of hydrogen-bond donors (Lipinski definition) is 2. The van der Waals surface area contributed by atoms with Crippen molar-refractivity contribution in [2.45, 2.75) is 6.92 Å². The molecule has 2 aromatic rings. The quantitative estimate of drug-likeness (QED) is 0.906. The van der Waals surface area contributed by atoms with Gasteiger partial charge in [0, 0.05) is 24.0 Å². The molecule has 104 valence electrons. The van der Waals surface area contributed by atoms with E-state index in [9.17, 15) is 9.18 Å². The molecule has 0 saturated heterocycles. The summed E-state index contributed by atoms with van der Waals surface area (Å²) in [7, 11) is 0. The average molecular weight is 294 g/mol. The van der Waals surface area contributed by atoms with Crippen molar-refractivity contribution in [3.63, 3.8) is 0 Å². The fraction of sp³-hybridized carbons (Fsp3) is 0.143. The van der Waals surface area contributed by atoms with Gasteiger partial charge in [0.1, 0.15) is 11.6 Å². The van der Waals surface area contributed by atoms with Crippen LogP contribution in [0.5, 0.6) is 0 Å². The van der Waals surface area contributed by atoms with E-state index in [2.05, 4.69) is 15.6 Å². The second kappa shape index (κ2) is 6.34. The molecule has 1 heterocycles. The van der Waals surface area contributed by atoms with E-state index in [-0.39, 0.29) is 10.9 Å². The molecule has 0 bridgehead atoms. The molecule has 0 atom stereocenters. The largest absolute Gasteiger partial charge is 0.370 e. The Bertz CT molecular complexity index is 634. The van der Waals surface area contributed by atoms with Crippen LogP contribution >= 0.6 is 11.6 Å². The van der Waals surface area contributed by atoms with Crippen molar-refractivity contribution in [1.82, 2.24) is 4.98 Å². The zero-order chi connectivity index (χ0) is 14.5. The van der Waals surface area contributed by atoms with Crippen LogP contribution in [-0.2, 0) is 0 Å². The van der Waals surface area contributed by atoms with Gasteiger partial charge in [-0.15, -0.1) is 0 Å². The van der Waals surface area contributed by atoms with Crippen LogP contribution < -0.4 is 10.6 Å². The molecule has 0 saturated carbocycles. The molecule has 0 fully saturated rings. The molecule has 0 aliphatic rings. The molecule has 0 unspecified atom stereocenters. The maximum Gasteiger partial charge on any atom is 0.255 e. The third kappa shape index (κ3) is 3.45. The molecule has 2 rings (SSSR count). The van der Waals surface area contributed by atoms with E-state index in [1.54, 1.807) is 18.3 Å². The molecule has 1 aromatic heterocycles. The van der Waals surface area contributed by atoms with Crippen molar-refractivity contribution in [2.24, 2.45) is 0 Å². The standard InChI is InChI=1S/C14H13ClFN3O/c1-2-17-13-7-9(5-6-18-13)14(20)19-10-3-4-12(16)11(15)8-10/h3-8H,2H2,1H3,(H,17,18)(H,19,20). The van der Waals surface area contributed by atoms with Crippen molar-refractivity contribution < 1.29 is 9.18 Å². The number of halogens is 2. The van der Waals surface area contributed by atoms with E-state index in [0.717, 1.165) is 0 Å². The highest BCUT2D eigenvalue weighted by Crippen LogP contribution is 2.20. The zero-order valence-corrected chi connectivity index (χ0v) is 11.5. The number of amides is 1. The summed E-state index contributed by atoms with van der Waals surface area (Å²) in [5.41, 5.74) is 0.889. The molecule has 6 heteroatoms. The summed E-state index contributed by atoms with van der Waals surface area (Å²) in [6.07, 6.45) is 1.55. The smallest absolute Gasteiger partial charge is 0.255 e. The molecule has 4 nitrogen and oxygen atoms in total. The number of carbonyl (C=O) groups is 1. The lowest BCUT2D eigenvalue weighted by Gasteiger charge is -2.07. The van der Waals surface area contributed by atoms with E-state index in [4.69, 9.17) is 11.6 Å². The average Bonchev–Trinajstić information content (AvgIpc) is 2.43. The predicted molar refractivity (Wildman–Crippen MR) is 77.8 cm³/mol. The number of carbonyl (C=O) groups excluding carboxylic acids is 1. The highest BCUT2D eigenvalue weighted by atomic mass is 35.5. The monoisotopic (exact) mass is 293 g/mol. The summed E-state index contributed by atoms with van der Waals surface area (Å²) >= 11 is 5.66. The van der Waals surface area contributed by atoms with Gasteiger partial charge >= 0.3 is 0 Å². The number of aromatic nitrogens is 1. The summed E-state index contributed by atoms with van der Waals surface area (Å²) in [6.45, 7) is 2.65. The summed E-state index contributed by atoms with van der Waals surface area (Å²) in [6, 6.07) is 7.26. The Morgan fingerprint density at radius 3 is 2.85 bits per heavy atom. The molecular formula is C14H13ClFN3O. The Labute approximate surface area is 121 Å². The van der Waals surface area contributed by atoms with Gasteiger partial charge in [-0.05, 0) is 37.3 Å². The first-order valence-electron chi connectivity index (χ1n) is 6.06. The van der Waals surface area contributed by atoms with Gasteiger partial charge in [-0.25, -0.2) is 9.37 Å². The lowest BCUT2D eigenvalue weighted by atomic mass is 10.2. The van der Waals surface area contributed by atoms with Crippen molar-refractivity contribution in [1.29, 1.82) is 0 Å². The van der Waals surface area contributed by atoms with E-state index in [1.807, 2.05) is 6.92 Å². The van der Waals surface area contributed by atoms with Crippen LogP contribution in [0.1, 0.15) is 17.3 Å². The number of hydrogen-bond acceptors (Lipinski definition) is 3. The minimum atomic E-state index is -0.525. The van der Waals surface area contributed by atoms with Crippen molar-refractivity contribution in [2.75, 3.05) is 17.2 Å². The third-order valence-corrected chi connectivity index (χ3v) is 2.85. The van der Waals surface area contributed by atoms with Gasteiger partial charge in [0.05, 0.1) is 5.02 Å². The lowest BCUT2D eigenvalue weighted by molar-refractivity contribution is 0.102. The number of anilines is 2. The molecular weight excluding hydrogens is 281 g/mol. The number of benzene rings is 1. The van der Waals surface area contributed by atoms with Crippen LogP contribution in [0.3, 0.4) is 0 Å². The highest BCUT2D eigenvalue weighted by Gasteiger charge is 2.08. The summed E-state index contributed by atoms with van der Waals surface area (Å²) in [4.78, 5) is 16.1. The van der Waals surface area contributed by atoms with Gasteiger partial charge < -0.3 is 10.6 Å². The molecule has 0 aliphatic carbocycles.